The van der Waals surface area contributed by atoms with E-state index in [9.17, 15) is 14.4 Å². The Morgan fingerprint density at radius 1 is 1.09 bits per heavy atom. The Kier molecular flexibility index (Phi) is 5.59. The average Bonchev–Trinajstić information content (AvgIpc) is 2.91. The van der Waals surface area contributed by atoms with Crippen LogP contribution in [-0.4, -0.2) is 40.5 Å². The van der Waals surface area contributed by atoms with Crippen molar-refractivity contribution in [2.75, 3.05) is 13.1 Å². The number of aryl methyl sites for hydroxylation is 1. The molecule has 0 fully saturated rings. The smallest absolute Gasteiger partial charge is 0.322 e. The lowest BCUT2D eigenvalue weighted by atomic mass is 10.2. The van der Waals surface area contributed by atoms with Gasteiger partial charge in [0.15, 0.2) is 0 Å². The van der Waals surface area contributed by atoms with Crippen LogP contribution >= 0.6 is 11.6 Å². The molecule has 1 heterocycles. The Balaban J connectivity index is 1.81. The topological polar surface area (TPSA) is 100 Å². The number of fused-ring (bicyclic) bond motifs is 1. The number of hydrogen-bond acceptors (Lipinski definition) is 3. The lowest BCUT2D eigenvalue weighted by molar-refractivity contribution is -0.137. The maximum atomic E-state index is 11.7. The third-order valence-electron chi connectivity index (χ3n) is 3.20. The summed E-state index contributed by atoms with van der Waals surface area (Å²) >= 11 is 5.97. The Bertz CT molecular complexity index is 741. The van der Waals surface area contributed by atoms with E-state index in [1.165, 1.54) is 0 Å². The minimum Gasteiger partial charge on any atom is -0.480 e. The van der Waals surface area contributed by atoms with Crippen LogP contribution in [0.3, 0.4) is 0 Å². The number of carboxylic acid groups (broad SMARTS) is 1. The van der Waals surface area contributed by atoms with Crippen molar-refractivity contribution in [2.24, 2.45) is 0 Å². The van der Waals surface area contributed by atoms with Gasteiger partial charge < -0.3 is 20.3 Å². The van der Waals surface area contributed by atoms with E-state index in [4.69, 9.17) is 16.7 Å². The summed E-state index contributed by atoms with van der Waals surface area (Å²) in [4.78, 5) is 33.3. The van der Waals surface area contributed by atoms with Crippen LogP contribution in [0.4, 0.5) is 0 Å². The molecule has 0 saturated carbocycles. The van der Waals surface area contributed by atoms with E-state index >= 15 is 0 Å². The zero-order valence-corrected chi connectivity index (χ0v) is 13.0. The van der Waals surface area contributed by atoms with E-state index < -0.39 is 18.4 Å². The van der Waals surface area contributed by atoms with Gasteiger partial charge >= 0.3 is 5.97 Å². The number of nitrogens with zero attached hydrogens (tertiary/aromatic N) is 1. The predicted molar refractivity (Wildman–Crippen MR) is 85.2 cm³/mol. The van der Waals surface area contributed by atoms with Gasteiger partial charge in [0, 0.05) is 29.7 Å². The number of amides is 2. The lowest BCUT2D eigenvalue weighted by Gasteiger charge is -2.07. The molecule has 0 aliphatic heterocycles. The number of benzene rings is 1. The molecule has 2 aromatic rings. The van der Waals surface area contributed by atoms with Gasteiger partial charge in [0.05, 0.1) is 6.54 Å². The molecule has 0 bridgehead atoms. The molecule has 1 aromatic carbocycles. The number of rotatable bonds is 7. The van der Waals surface area contributed by atoms with Gasteiger partial charge in [-0.2, -0.15) is 0 Å². The zero-order chi connectivity index (χ0) is 16.8. The molecule has 2 amide bonds. The first-order valence-electron chi connectivity index (χ1n) is 6.95. The fraction of sp³-hybridized carbons (Fsp3) is 0.267. The molecule has 0 radical (unpaired) electrons. The average molecular weight is 338 g/mol. The van der Waals surface area contributed by atoms with E-state index in [2.05, 4.69) is 10.6 Å². The van der Waals surface area contributed by atoms with E-state index in [0.29, 0.717) is 11.6 Å². The van der Waals surface area contributed by atoms with Crippen LogP contribution < -0.4 is 10.6 Å². The molecule has 0 aliphatic carbocycles. The number of hydrogen-bond donors (Lipinski definition) is 3. The number of carbonyl (C=O) groups excluding carboxylic acids is 2. The van der Waals surface area contributed by atoms with Gasteiger partial charge in [0.25, 0.3) is 0 Å². The van der Waals surface area contributed by atoms with Crippen LogP contribution in [0.2, 0.25) is 5.02 Å². The largest absolute Gasteiger partial charge is 0.480 e. The van der Waals surface area contributed by atoms with Gasteiger partial charge in [-0.1, -0.05) is 17.7 Å². The molecule has 7 nitrogen and oxygen atoms in total. The third-order valence-corrected chi connectivity index (χ3v) is 3.43. The maximum Gasteiger partial charge on any atom is 0.322 e. The summed E-state index contributed by atoms with van der Waals surface area (Å²) in [5.41, 5.74) is 0.935. The molecular weight excluding hydrogens is 322 g/mol. The van der Waals surface area contributed by atoms with E-state index in [1.54, 1.807) is 6.07 Å². The molecule has 3 N–H and O–H groups in total. The zero-order valence-electron chi connectivity index (χ0n) is 12.2. The molecule has 8 heteroatoms. The van der Waals surface area contributed by atoms with Crippen molar-refractivity contribution in [2.45, 2.75) is 13.0 Å². The summed E-state index contributed by atoms with van der Waals surface area (Å²) < 4.78 is 1.91. The number of carbonyl (C=O) groups is 3. The summed E-state index contributed by atoms with van der Waals surface area (Å²) in [6.07, 6.45) is 2.07. The highest BCUT2D eigenvalue weighted by molar-refractivity contribution is 6.31. The number of halogens is 1. The van der Waals surface area contributed by atoms with Crippen molar-refractivity contribution >= 4 is 40.3 Å². The SMILES string of the molecule is O=C(O)CNC(=O)CNC(=O)CCn1ccc2ccc(Cl)cc21. The Morgan fingerprint density at radius 2 is 1.83 bits per heavy atom. The molecule has 23 heavy (non-hydrogen) atoms. The van der Waals surface area contributed by atoms with E-state index in [0.717, 1.165) is 10.9 Å². The lowest BCUT2D eigenvalue weighted by Crippen LogP contribution is -2.39. The normalized spacial score (nSPS) is 10.5. The quantitative estimate of drug-likeness (QED) is 0.701. The van der Waals surface area contributed by atoms with E-state index in [1.807, 2.05) is 29.0 Å². The summed E-state index contributed by atoms with van der Waals surface area (Å²) in [7, 11) is 0. The number of aliphatic carboxylic acids is 1. The molecule has 1 aromatic heterocycles. The second kappa shape index (κ2) is 7.64. The van der Waals surface area contributed by atoms with Crippen LogP contribution in [0.1, 0.15) is 6.42 Å². The summed E-state index contributed by atoms with van der Waals surface area (Å²) in [6, 6.07) is 7.47. The minimum atomic E-state index is -1.14. The Hall–Kier alpha value is -2.54. The number of nitrogens with one attached hydrogen (secondary N) is 2. The van der Waals surface area contributed by atoms with Crippen LogP contribution in [0.5, 0.6) is 0 Å². The highest BCUT2D eigenvalue weighted by atomic mass is 35.5. The standard InChI is InChI=1S/C15H16ClN3O4/c16-11-2-1-10-3-5-19(12(10)7-11)6-4-13(20)17-8-14(21)18-9-15(22)23/h1-3,5,7H,4,6,8-9H2,(H,17,20)(H,18,21)(H,22,23). The predicted octanol–water partition coefficient (Wildman–Crippen LogP) is 1.00. The molecule has 0 spiro atoms. The first-order valence-corrected chi connectivity index (χ1v) is 7.33. The highest BCUT2D eigenvalue weighted by Gasteiger charge is 2.08. The number of aromatic nitrogens is 1. The van der Waals surface area contributed by atoms with Crippen LogP contribution in [-0.2, 0) is 20.9 Å². The van der Waals surface area contributed by atoms with Crippen LogP contribution in [0.25, 0.3) is 10.9 Å². The maximum absolute atomic E-state index is 11.7. The second-order valence-corrected chi connectivity index (χ2v) is 5.35. The Labute approximate surface area is 137 Å². The number of carboxylic acids is 1. The summed E-state index contributed by atoms with van der Waals surface area (Å²) in [6.45, 7) is -0.262. The summed E-state index contributed by atoms with van der Waals surface area (Å²) in [5, 5.41) is 14.7. The fourth-order valence-electron chi connectivity index (χ4n) is 2.08. The third kappa shape index (κ3) is 5.00. The van der Waals surface area contributed by atoms with E-state index in [-0.39, 0.29) is 18.9 Å². The van der Waals surface area contributed by atoms with Crippen molar-refractivity contribution in [3.05, 3.63) is 35.5 Å². The first-order chi connectivity index (χ1) is 11.0. The van der Waals surface area contributed by atoms with Gasteiger partial charge in [-0.15, -0.1) is 0 Å². The van der Waals surface area contributed by atoms with Gasteiger partial charge in [0.2, 0.25) is 11.8 Å². The molecule has 0 atom stereocenters. The van der Waals surface area contributed by atoms with Crippen molar-refractivity contribution in [1.29, 1.82) is 0 Å². The van der Waals surface area contributed by atoms with Gasteiger partial charge in [-0.25, -0.2) is 0 Å². The van der Waals surface area contributed by atoms with Gasteiger partial charge in [-0.3, -0.25) is 14.4 Å². The first kappa shape index (κ1) is 16.8. The van der Waals surface area contributed by atoms with Crippen molar-refractivity contribution in [3.63, 3.8) is 0 Å². The highest BCUT2D eigenvalue weighted by Crippen LogP contribution is 2.20. The summed E-state index contributed by atoms with van der Waals surface area (Å²) in [5.74, 6) is -1.97. The van der Waals surface area contributed by atoms with Gasteiger partial charge in [-0.05, 0) is 23.6 Å². The molecule has 0 aliphatic rings. The molecule has 0 saturated heterocycles. The van der Waals surface area contributed by atoms with Crippen molar-refractivity contribution in [3.8, 4) is 0 Å². The van der Waals surface area contributed by atoms with Crippen LogP contribution in [0.15, 0.2) is 30.5 Å². The van der Waals surface area contributed by atoms with Gasteiger partial charge in [0.1, 0.15) is 6.54 Å². The molecular formula is C15H16ClN3O4. The second-order valence-electron chi connectivity index (χ2n) is 4.91. The monoisotopic (exact) mass is 337 g/mol. The van der Waals surface area contributed by atoms with Crippen molar-refractivity contribution in [1.82, 2.24) is 15.2 Å². The molecule has 122 valence electrons. The molecule has 0 unspecified atom stereocenters. The van der Waals surface area contributed by atoms with Crippen molar-refractivity contribution < 1.29 is 19.5 Å². The van der Waals surface area contributed by atoms with Crippen LogP contribution in [0, 0.1) is 0 Å². The fourth-order valence-corrected chi connectivity index (χ4v) is 2.24. The minimum absolute atomic E-state index is 0.197. The Morgan fingerprint density at radius 3 is 2.57 bits per heavy atom. The molecule has 2 rings (SSSR count).